The zero-order valence-corrected chi connectivity index (χ0v) is 18.5. The standard InChI is InChI=1S/C24H20FN3O6/c1-32-22(29)15-10-9-14(25)11-17(15)28-20(24(31)34-3)19(23(30)33-2)18(16(12-26)21(28)27)13-7-5-4-6-8-13/h4-11,18H,27H2,1-3H3. The molecule has 0 saturated heterocycles. The Morgan fingerprint density at radius 3 is 2.15 bits per heavy atom. The second-order valence-electron chi connectivity index (χ2n) is 6.99. The van der Waals surface area contributed by atoms with E-state index in [-0.39, 0.29) is 28.2 Å². The lowest BCUT2D eigenvalue weighted by Gasteiger charge is -2.36. The Labute approximate surface area is 194 Å². The molecule has 2 aromatic carbocycles. The Hall–Kier alpha value is -4.65. The molecule has 1 aliphatic heterocycles. The number of nitrogens with zero attached hydrogens (tertiary/aromatic N) is 2. The molecule has 1 aliphatic rings. The van der Waals surface area contributed by atoms with E-state index in [0.717, 1.165) is 44.4 Å². The van der Waals surface area contributed by atoms with Gasteiger partial charge in [0, 0.05) is 0 Å². The van der Waals surface area contributed by atoms with Crippen molar-refractivity contribution in [2.75, 3.05) is 26.2 Å². The molecule has 0 spiro atoms. The van der Waals surface area contributed by atoms with Gasteiger partial charge in [0.25, 0.3) is 0 Å². The number of halogens is 1. The maximum absolute atomic E-state index is 14.3. The number of anilines is 1. The minimum Gasteiger partial charge on any atom is -0.466 e. The second-order valence-corrected chi connectivity index (χ2v) is 6.99. The van der Waals surface area contributed by atoms with Crippen LogP contribution in [0.2, 0.25) is 0 Å². The van der Waals surface area contributed by atoms with Gasteiger partial charge in [-0.2, -0.15) is 5.26 Å². The zero-order chi connectivity index (χ0) is 25.0. The van der Waals surface area contributed by atoms with E-state index in [1.165, 1.54) is 0 Å². The average Bonchev–Trinajstić information content (AvgIpc) is 2.86. The second kappa shape index (κ2) is 9.87. The van der Waals surface area contributed by atoms with Gasteiger partial charge < -0.3 is 19.9 Å². The Morgan fingerprint density at radius 2 is 1.59 bits per heavy atom. The van der Waals surface area contributed by atoms with E-state index >= 15 is 0 Å². The van der Waals surface area contributed by atoms with Crippen molar-refractivity contribution < 1.29 is 33.0 Å². The fourth-order valence-electron chi connectivity index (χ4n) is 3.74. The quantitative estimate of drug-likeness (QED) is 0.522. The van der Waals surface area contributed by atoms with E-state index < -0.39 is 35.3 Å². The number of methoxy groups -OCH3 is 3. The molecule has 0 saturated carbocycles. The lowest BCUT2D eigenvalue weighted by Crippen LogP contribution is -2.41. The summed E-state index contributed by atoms with van der Waals surface area (Å²) in [5, 5.41) is 10.0. The minimum absolute atomic E-state index is 0.126. The van der Waals surface area contributed by atoms with E-state index in [9.17, 15) is 24.0 Å². The molecular formula is C24H20FN3O6. The summed E-state index contributed by atoms with van der Waals surface area (Å²) in [6.45, 7) is 0. The van der Waals surface area contributed by atoms with Gasteiger partial charge in [-0.25, -0.2) is 18.8 Å². The first-order chi connectivity index (χ1) is 16.3. The lowest BCUT2D eigenvalue weighted by atomic mass is 9.80. The maximum Gasteiger partial charge on any atom is 0.355 e. The van der Waals surface area contributed by atoms with Crippen LogP contribution in [0.1, 0.15) is 21.8 Å². The van der Waals surface area contributed by atoms with Gasteiger partial charge in [-0.05, 0) is 23.8 Å². The van der Waals surface area contributed by atoms with Crippen molar-refractivity contribution in [1.29, 1.82) is 5.26 Å². The average molecular weight is 465 g/mol. The van der Waals surface area contributed by atoms with Crippen molar-refractivity contribution in [3.05, 3.63) is 88.1 Å². The third-order valence-electron chi connectivity index (χ3n) is 5.22. The molecule has 9 nitrogen and oxygen atoms in total. The van der Waals surface area contributed by atoms with Gasteiger partial charge in [-0.15, -0.1) is 0 Å². The Morgan fingerprint density at radius 1 is 0.971 bits per heavy atom. The molecular weight excluding hydrogens is 445 g/mol. The van der Waals surface area contributed by atoms with Crippen molar-refractivity contribution in [3.63, 3.8) is 0 Å². The molecule has 0 aromatic heterocycles. The first-order valence-corrected chi connectivity index (χ1v) is 9.84. The predicted molar refractivity (Wildman–Crippen MR) is 117 cm³/mol. The summed E-state index contributed by atoms with van der Waals surface area (Å²) in [7, 11) is 3.30. The predicted octanol–water partition coefficient (Wildman–Crippen LogP) is 2.51. The first-order valence-electron chi connectivity index (χ1n) is 9.84. The summed E-state index contributed by atoms with van der Waals surface area (Å²) in [5.41, 5.74) is 5.59. The molecule has 174 valence electrons. The Bertz CT molecular complexity index is 1260. The van der Waals surface area contributed by atoms with E-state index in [0.29, 0.717) is 5.56 Å². The molecule has 1 unspecified atom stereocenters. The molecule has 10 heteroatoms. The van der Waals surface area contributed by atoms with Gasteiger partial charge >= 0.3 is 17.9 Å². The SMILES string of the molecule is COC(=O)C1=C(C(=O)OC)N(c2cc(F)ccc2C(=O)OC)C(N)=C(C#N)C1c1ccccc1. The molecule has 0 bridgehead atoms. The maximum atomic E-state index is 14.3. The molecule has 0 aliphatic carbocycles. The summed E-state index contributed by atoms with van der Waals surface area (Å²) < 4.78 is 28.9. The number of allylic oxidation sites excluding steroid dienone is 1. The highest BCUT2D eigenvalue weighted by Crippen LogP contribution is 2.44. The summed E-state index contributed by atoms with van der Waals surface area (Å²) in [4.78, 5) is 39.4. The van der Waals surface area contributed by atoms with Crippen molar-refractivity contribution in [3.8, 4) is 6.07 Å². The highest BCUT2D eigenvalue weighted by molar-refractivity contribution is 6.08. The molecule has 2 N–H and O–H groups in total. The third kappa shape index (κ3) is 4.06. The summed E-state index contributed by atoms with van der Waals surface area (Å²) in [6, 6.07) is 13.4. The molecule has 1 atom stereocenters. The monoisotopic (exact) mass is 465 g/mol. The van der Waals surface area contributed by atoms with Crippen molar-refractivity contribution in [1.82, 2.24) is 0 Å². The number of rotatable bonds is 5. The van der Waals surface area contributed by atoms with Crippen molar-refractivity contribution in [2.24, 2.45) is 5.73 Å². The van der Waals surface area contributed by atoms with Crippen LogP contribution in [0, 0.1) is 17.1 Å². The van der Waals surface area contributed by atoms with Gasteiger partial charge in [-0.1, -0.05) is 30.3 Å². The molecule has 3 rings (SSSR count). The molecule has 0 radical (unpaired) electrons. The number of nitriles is 1. The van der Waals surface area contributed by atoms with E-state index in [1.54, 1.807) is 30.3 Å². The summed E-state index contributed by atoms with van der Waals surface area (Å²) in [6.07, 6.45) is 0. The number of esters is 3. The van der Waals surface area contributed by atoms with Crippen LogP contribution in [0.15, 0.2) is 71.2 Å². The zero-order valence-electron chi connectivity index (χ0n) is 18.5. The smallest absolute Gasteiger partial charge is 0.355 e. The van der Waals surface area contributed by atoms with E-state index in [4.69, 9.17) is 19.9 Å². The molecule has 0 amide bonds. The minimum atomic E-state index is -1.10. The van der Waals surface area contributed by atoms with Crippen molar-refractivity contribution in [2.45, 2.75) is 5.92 Å². The summed E-state index contributed by atoms with van der Waals surface area (Å²) >= 11 is 0. The highest BCUT2D eigenvalue weighted by atomic mass is 19.1. The number of nitrogens with two attached hydrogens (primary N) is 1. The highest BCUT2D eigenvalue weighted by Gasteiger charge is 2.43. The van der Waals surface area contributed by atoms with Crippen LogP contribution < -0.4 is 10.6 Å². The first kappa shape index (κ1) is 24.0. The molecule has 34 heavy (non-hydrogen) atoms. The fourth-order valence-corrected chi connectivity index (χ4v) is 3.74. The largest absolute Gasteiger partial charge is 0.466 e. The number of hydrogen-bond donors (Lipinski definition) is 1. The normalized spacial score (nSPS) is 15.5. The number of hydrogen-bond acceptors (Lipinski definition) is 9. The van der Waals surface area contributed by atoms with E-state index in [1.807, 2.05) is 6.07 Å². The Kier molecular flexibility index (Phi) is 6.97. The van der Waals surface area contributed by atoms with Crippen LogP contribution in [0.3, 0.4) is 0 Å². The van der Waals surface area contributed by atoms with Gasteiger partial charge in [-0.3, -0.25) is 4.90 Å². The van der Waals surface area contributed by atoms with Crippen LogP contribution >= 0.6 is 0 Å². The van der Waals surface area contributed by atoms with Crippen molar-refractivity contribution >= 4 is 23.6 Å². The number of ether oxygens (including phenoxy) is 3. The van der Waals surface area contributed by atoms with Crippen LogP contribution in [0.25, 0.3) is 0 Å². The number of benzene rings is 2. The third-order valence-corrected chi connectivity index (χ3v) is 5.22. The van der Waals surface area contributed by atoms with Gasteiger partial charge in [0.15, 0.2) is 0 Å². The van der Waals surface area contributed by atoms with Gasteiger partial charge in [0.2, 0.25) is 0 Å². The van der Waals surface area contributed by atoms with Gasteiger partial charge in [0.05, 0.1) is 55.7 Å². The number of carbonyl (C=O) groups excluding carboxylic acids is 3. The summed E-state index contributed by atoms with van der Waals surface area (Å²) in [5.74, 6) is -5.02. The van der Waals surface area contributed by atoms with Crippen LogP contribution in [-0.2, 0) is 23.8 Å². The van der Waals surface area contributed by atoms with Crippen LogP contribution in [0.4, 0.5) is 10.1 Å². The van der Waals surface area contributed by atoms with E-state index in [2.05, 4.69) is 0 Å². The number of carbonyl (C=O) groups is 3. The Balaban J connectivity index is 2.48. The van der Waals surface area contributed by atoms with Crippen LogP contribution in [0.5, 0.6) is 0 Å². The topological polar surface area (TPSA) is 132 Å². The lowest BCUT2D eigenvalue weighted by molar-refractivity contribution is -0.139. The molecule has 1 heterocycles. The van der Waals surface area contributed by atoms with Gasteiger partial charge in [0.1, 0.15) is 17.3 Å². The molecule has 2 aromatic rings. The van der Waals surface area contributed by atoms with Crippen LogP contribution in [-0.4, -0.2) is 39.2 Å². The fraction of sp³-hybridized carbons (Fsp3) is 0.167. The molecule has 0 fully saturated rings.